The summed E-state index contributed by atoms with van der Waals surface area (Å²) in [7, 11) is 0. The van der Waals surface area contributed by atoms with E-state index in [2.05, 4.69) is 11.6 Å². The lowest BCUT2D eigenvalue weighted by Crippen LogP contribution is -2.39. The summed E-state index contributed by atoms with van der Waals surface area (Å²) in [6.07, 6.45) is 3.21. The molecule has 1 unspecified atom stereocenters. The van der Waals surface area contributed by atoms with Crippen molar-refractivity contribution in [3.8, 4) is 0 Å². The number of hydrogen-bond donors (Lipinski definition) is 0. The van der Waals surface area contributed by atoms with Crippen molar-refractivity contribution in [2.75, 3.05) is 6.61 Å². The van der Waals surface area contributed by atoms with Crippen molar-refractivity contribution >= 4 is 34.7 Å². The molecule has 4 rings (SSSR count). The minimum Gasteiger partial charge on any atom is -0.462 e. The lowest BCUT2D eigenvalue weighted by molar-refractivity contribution is -0.138. The maximum Gasteiger partial charge on any atom is 0.338 e. The molecule has 4 heterocycles. The number of aromatic nitrogens is 1. The number of aryl methyl sites for hydroxylation is 1. The molecule has 0 N–H and O–H groups in total. The van der Waals surface area contributed by atoms with Crippen LogP contribution in [0.3, 0.4) is 0 Å². The van der Waals surface area contributed by atoms with E-state index in [9.17, 15) is 9.59 Å². The summed E-state index contributed by atoms with van der Waals surface area (Å²) in [6.45, 7) is 7.28. The van der Waals surface area contributed by atoms with Gasteiger partial charge in [-0.05, 0) is 37.4 Å². The Balaban J connectivity index is 1.91. The number of thiophene rings is 1. The number of thiazole rings is 1. The Morgan fingerprint density at radius 3 is 2.86 bits per heavy atom. The molecular weight excluding hydrogens is 408 g/mol. The van der Waals surface area contributed by atoms with E-state index in [0.29, 0.717) is 26.4 Å². The van der Waals surface area contributed by atoms with E-state index >= 15 is 0 Å². The summed E-state index contributed by atoms with van der Waals surface area (Å²) in [6, 6.07) is 6.87. The summed E-state index contributed by atoms with van der Waals surface area (Å²) < 4.78 is 12.9. The molecule has 0 radical (unpaired) electrons. The van der Waals surface area contributed by atoms with Crippen LogP contribution in [-0.2, 0) is 9.53 Å². The number of nitrogens with zero attached hydrogens (tertiary/aromatic N) is 2. The lowest BCUT2D eigenvalue weighted by atomic mass is 10.0. The quantitative estimate of drug-likeness (QED) is 0.464. The zero-order valence-electron chi connectivity index (χ0n) is 15.9. The van der Waals surface area contributed by atoms with Gasteiger partial charge in [-0.25, -0.2) is 9.79 Å². The highest BCUT2D eigenvalue weighted by Gasteiger charge is 2.33. The topological polar surface area (TPSA) is 73.8 Å². The van der Waals surface area contributed by atoms with Crippen molar-refractivity contribution in [3.05, 3.63) is 89.7 Å². The Bertz CT molecular complexity index is 1290. The molecule has 1 atom stereocenters. The zero-order chi connectivity index (χ0) is 20.5. The van der Waals surface area contributed by atoms with Crippen molar-refractivity contribution in [3.63, 3.8) is 0 Å². The van der Waals surface area contributed by atoms with Gasteiger partial charge in [0.05, 0.1) is 15.8 Å². The third kappa shape index (κ3) is 3.56. The first-order valence-corrected chi connectivity index (χ1v) is 10.6. The standard InChI is InChI=1S/C21H18N2O4S2/c1-4-9-26-20(25)17-13(3)22-21-23(18(17)15-6-5-10-28-15)19(24)16(29-21)11-14-8-7-12(2)27-14/h4-8,10-11,18H,1,9H2,2-3H3. The van der Waals surface area contributed by atoms with Gasteiger partial charge in [-0.2, -0.15) is 0 Å². The summed E-state index contributed by atoms with van der Waals surface area (Å²) >= 11 is 2.75. The largest absolute Gasteiger partial charge is 0.462 e. The van der Waals surface area contributed by atoms with Crippen molar-refractivity contribution in [2.45, 2.75) is 19.9 Å². The van der Waals surface area contributed by atoms with Gasteiger partial charge < -0.3 is 9.15 Å². The fourth-order valence-corrected chi connectivity index (χ4v) is 5.02. The number of allylic oxidation sites excluding steroid dienone is 1. The van der Waals surface area contributed by atoms with Gasteiger partial charge in [0.25, 0.3) is 5.56 Å². The van der Waals surface area contributed by atoms with Crippen LogP contribution in [-0.4, -0.2) is 17.1 Å². The molecular formula is C21H18N2O4S2. The number of esters is 1. The minimum absolute atomic E-state index is 0.0923. The Kier molecular flexibility index (Phi) is 5.21. The number of carbonyl (C=O) groups is 1. The second-order valence-electron chi connectivity index (χ2n) is 6.43. The summed E-state index contributed by atoms with van der Waals surface area (Å²) in [5, 5.41) is 1.92. The molecule has 0 bridgehead atoms. The smallest absolute Gasteiger partial charge is 0.338 e. The van der Waals surface area contributed by atoms with E-state index in [0.717, 1.165) is 10.6 Å². The van der Waals surface area contributed by atoms with Gasteiger partial charge in [0, 0.05) is 11.0 Å². The third-order valence-electron chi connectivity index (χ3n) is 4.42. The van der Waals surface area contributed by atoms with Crippen LogP contribution in [0.1, 0.15) is 29.4 Å². The summed E-state index contributed by atoms with van der Waals surface area (Å²) in [4.78, 5) is 32.0. The second kappa shape index (κ2) is 7.81. The fourth-order valence-electron chi connectivity index (χ4n) is 3.17. The predicted octanol–water partition coefficient (Wildman–Crippen LogP) is 2.93. The Hall–Kier alpha value is -2.97. The van der Waals surface area contributed by atoms with E-state index in [1.165, 1.54) is 28.7 Å². The highest BCUT2D eigenvalue weighted by molar-refractivity contribution is 7.10. The van der Waals surface area contributed by atoms with E-state index in [1.54, 1.807) is 17.6 Å². The monoisotopic (exact) mass is 426 g/mol. The number of carbonyl (C=O) groups excluding carboxylic acids is 1. The molecule has 3 aromatic rings. The average molecular weight is 427 g/mol. The Morgan fingerprint density at radius 2 is 2.21 bits per heavy atom. The number of hydrogen-bond acceptors (Lipinski definition) is 7. The van der Waals surface area contributed by atoms with Crippen LogP contribution in [0.4, 0.5) is 0 Å². The number of furan rings is 1. The molecule has 0 spiro atoms. The molecule has 0 saturated heterocycles. The van der Waals surface area contributed by atoms with Gasteiger partial charge in [-0.1, -0.05) is 30.1 Å². The van der Waals surface area contributed by atoms with Gasteiger partial charge in [0.1, 0.15) is 24.2 Å². The second-order valence-corrected chi connectivity index (χ2v) is 8.42. The normalized spacial score (nSPS) is 16.5. The van der Waals surface area contributed by atoms with Gasteiger partial charge in [0.2, 0.25) is 0 Å². The lowest BCUT2D eigenvalue weighted by Gasteiger charge is -2.23. The van der Waals surface area contributed by atoms with Crippen LogP contribution < -0.4 is 14.9 Å². The molecule has 8 heteroatoms. The van der Waals surface area contributed by atoms with E-state index < -0.39 is 12.0 Å². The summed E-state index contributed by atoms with van der Waals surface area (Å²) in [5.41, 5.74) is 0.684. The first-order valence-electron chi connectivity index (χ1n) is 8.90. The number of fused-ring (bicyclic) bond motifs is 1. The predicted molar refractivity (Wildman–Crippen MR) is 113 cm³/mol. The highest BCUT2D eigenvalue weighted by Crippen LogP contribution is 2.33. The molecule has 1 aliphatic heterocycles. The molecule has 148 valence electrons. The van der Waals surface area contributed by atoms with Crippen molar-refractivity contribution < 1.29 is 13.9 Å². The number of rotatable bonds is 5. The molecule has 3 aromatic heterocycles. The van der Waals surface area contributed by atoms with Crippen LogP contribution in [0, 0.1) is 6.92 Å². The SMILES string of the molecule is C=CCOC(=O)C1=C(C)N=c2sc(=Cc3ccc(C)o3)c(=O)n2C1c1cccs1. The first kappa shape index (κ1) is 19.4. The molecule has 0 aliphatic carbocycles. The van der Waals surface area contributed by atoms with E-state index in [-0.39, 0.29) is 12.2 Å². The molecule has 0 saturated carbocycles. The van der Waals surface area contributed by atoms with Crippen LogP contribution in [0.2, 0.25) is 0 Å². The van der Waals surface area contributed by atoms with E-state index in [1.807, 2.05) is 36.6 Å². The minimum atomic E-state index is -0.580. The molecule has 29 heavy (non-hydrogen) atoms. The van der Waals surface area contributed by atoms with Crippen molar-refractivity contribution in [1.29, 1.82) is 0 Å². The fraction of sp³-hybridized carbons (Fsp3) is 0.190. The number of ether oxygens (including phenoxy) is 1. The zero-order valence-corrected chi connectivity index (χ0v) is 17.5. The van der Waals surface area contributed by atoms with Crippen molar-refractivity contribution in [2.24, 2.45) is 4.99 Å². The first-order chi connectivity index (χ1) is 14.0. The maximum atomic E-state index is 13.3. The van der Waals surface area contributed by atoms with E-state index in [4.69, 9.17) is 9.15 Å². The van der Waals surface area contributed by atoms with Gasteiger partial charge in [-0.15, -0.1) is 11.3 Å². The van der Waals surface area contributed by atoms with Crippen molar-refractivity contribution in [1.82, 2.24) is 4.57 Å². The van der Waals surface area contributed by atoms with Crippen LogP contribution in [0.5, 0.6) is 0 Å². The molecule has 1 aliphatic rings. The third-order valence-corrected chi connectivity index (χ3v) is 6.33. The van der Waals surface area contributed by atoms with Gasteiger partial charge >= 0.3 is 5.97 Å². The molecule has 6 nitrogen and oxygen atoms in total. The maximum absolute atomic E-state index is 13.3. The Labute approximate surface area is 174 Å². The van der Waals surface area contributed by atoms with Crippen LogP contribution >= 0.6 is 22.7 Å². The molecule has 0 amide bonds. The van der Waals surface area contributed by atoms with Crippen LogP contribution in [0.15, 0.2) is 67.8 Å². The summed E-state index contributed by atoms with van der Waals surface area (Å²) in [5.74, 6) is 0.867. The molecule has 0 aromatic carbocycles. The molecule has 0 fully saturated rings. The van der Waals surface area contributed by atoms with Gasteiger partial charge in [0.15, 0.2) is 4.80 Å². The van der Waals surface area contributed by atoms with Crippen LogP contribution in [0.25, 0.3) is 6.08 Å². The average Bonchev–Trinajstić information content (AvgIpc) is 3.41. The Morgan fingerprint density at radius 1 is 1.38 bits per heavy atom. The highest BCUT2D eigenvalue weighted by atomic mass is 32.1. The van der Waals surface area contributed by atoms with Gasteiger partial charge in [-0.3, -0.25) is 9.36 Å².